The summed E-state index contributed by atoms with van der Waals surface area (Å²) in [6.45, 7) is 8.80. The van der Waals surface area contributed by atoms with Gasteiger partial charge in [0.1, 0.15) is 0 Å². The largest absolute Gasteiger partial charge is 0.339 e. The first-order chi connectivity index (χ1) is 8.25. The molecular weight excluding hydrogens is 214 g/mol. The average molecular weight is 239 g/mol. The van der Waals surface area contributed by atoms with E-state index in [1.807, 2.05) is 4.90 Å². The number of hydrogen-bond acceptors (Lipinski definition) is 3. The van der Waals surface area contributed by atoms with Gasteiger partial charge in [-0.3, -0.25) is 9.69 Å². The SMILES string of the molecule is CC1CCCN(CC(=O)N2CCNCC2)CC1. The maximum absolute atomic E-state index is 12.1. The number of hydrogen-bond donors (Lipinski definition) is 1. The zero-order chi connectivity index (χ0) is 12.1. The van der Waals surface area contributed by atoms with Crippen molar-refractivity contribution in [1.82, 2.24) is 15.1 Å². The Balaban J connectivity index is 1.76. The summed E-state index contributed by atoms with van der Waals surface area (Å²) in [7, 11) is 0. The molecule has 0 radical (unpaired) electrons. The Morgan fingerprint density at radius 2 is 1.94 bits per heavy atom. The highest BCUT2D eigenvalue weighted by Gasteiger charge is 2.20. The minimum Gasteiger partial charge on any atom is -0.339 e. The molecule has 2 saturated heterocycles. The third-order valence-electron chi connectivity index (χ3n) is 3.94. The molecule has 1 amide bonds. The summed E-state index contributed by atoms with van der Waals surface area (Å²) < 4.78 is 0. The van der Waals surface area contributed by atoms with E-state index in [0.717, 1.165) is 45.2 Å². The Labute approximate surface area is 104 Å². The molecule has 2 rings (SSSR count). The number of nitrogens with one attached hydrogen (secondary N) is 1. The van der Waals surface area contributed by atoms with Crippen molar-refractivity contribution in [2.24, 2.45) is 5.92 Å². The minimum absolute atomic E-state index is 0.320. The summed E-state index contributed by atoms with van der Waals surface area (Å²) in [5.41, 5.74) is 0. The number of piperazine rings is 1. The molecule has 1 N–H and O–H groups in total. The van der Waals surface area contributed by atoms with Gasteiger partial charge in [-0.15, -0.1) is 0 Å². The van der Waals surface area contributed by atoms with Crippen molar-refractivity contribution < 1.29 is 4.79 Å². The number of amides is 1. The summed E-state index contributed by atoms with van der Waals surface area (Å²) in [5.74, 6) is 1.15. The quantitative estimate of drug-likeness (QED) is 0.764. The zero-order valence-electron chi connectivity index (χ0n) is 11.0. The molecule has 98 valence electrons. The van der Waals surface area contributed by atoms with Crippen molar-refractivity contribution in [3.8, 4) is 0 Å². The van der Waals surface area contributed by atoms with Crippen molar-refractivity contribution in [2.45, 2.75) is 26.2 Å². The van der Waals surface area contributed by atoms with Gasteiger partial charge in [-0.1, -0.05) is 6.92 Å². The Kier molecular flexibility index (Phi) is 4.80. The Bertz CT molecular complexity index is 251. The highest BCUT2D eigenvalue weighted by Crippen LogP contribution is 2.16. The first-order valence-corrected chi connectivity index (χ1v) is 6.96. The molecule has 0 aliphatic carbocycles. The standard InChI is InChI=1S/C13H25N3O/c1-12-3-2-7-15(8-4-12)11-13(17)16-9-5-14-6-10-16/h12,14H,2-11H2,1H3. The molecule has 0 aromatic carbocycles. The van der Waals surface area contributed by atoms with Crippen LogP contribution in [0, 0.1) is 5.92 Å². The maximum atomic E-state index is 12.1. The van der Waals surface area contributed by atoms with Gasteiger partial charge >= 0.3 is 0 Å². The van der Waals surface area contributed by atoms with Crippen LogP contribution in [0.15, 0.2) is 0 Å². The van der Waals surface area contributed by atoms with Crippen molar-refractivity contribution in [3.05, 3.63) is 0 Å². The summed E-state index contributed by atoms with van der Waals surface area (Å²) in [4.78, 5) is 16.5. The molecule has 0 aromatic rings. The van der Waals surface area contributed by atoms with E-state index < -0.39 is 0 Å². The van der Waals surface area contributed by atoms with E-state index in [1.54, 1.807) is 0 Å². The zero-order valence-corrected chi connectivity index (χ0v) is 11.0. The lowest BCUT2D eigenvalue weighted by atomic mass is 10.0. The van der Waals surface area contributed by atoms with Gasteiger partial charge < -0.3 is 10.2 Å². The summed E-state index contributed by atoms with van der Waals surface area (Å²) in [6.07, 6.45) is 3.81. The van der Waals surface area contributed by atoms with Gasteiger partial charge in [-0.2, -0.15) is 0 Å². The molecule has 0 saturated carbocycles. The third-order valence-corrected chi connectivity index (χ3v) is 3.94. The molecule has 0 spiro atoms. The Hall–Kier alpha value is -0.610. The predicted molar refractivity (Wildman–Crippen MR) is 68.9 cm³/mol. The Morgan fingerprint density at radius 1 is 1.18 bits per heavy atom. The molecule has 17 heavy (non-hydrogen) atoms. The van der Waals surface area contributed by atoms with E-state index in [4.69, 9.17) is 0 Å². The van der Waals surface area contributed by atoms with Crippen molar-refractivity contribution >= 4 is 5.91 Å². The third kappa shape index (κ3) is 3.96. The van der Waals surface area contributed by atoms with Crippen LogP contribution >= 0.6 is 0 Å². The van der Waals surface area contributed by atoms with Crippen LogP contribution in [0.25, 0.3) is 0 Å². The molecule has 4 nitrogen and oxygen atoms in total. The van der Waals surface area contributed by atoms with Crippen LogP contribution < -0.4 is 5.32 Å². The predicted octanol–water partition coefficient (Wildman–Crippen LogP) is 0.540. The molecule has 0 aromatic heterocycles. The van der Waals surface area contributed by atoms with Crippen molar-refractivity contribution in [3.63, 3.8) is 0 Å². The average Bonchev–Trinajstić information content (AvgIpc) is 2.56. The van der Waals surface area contributed by atoms with Gasteiger partial charge in [-0.25, -0.2) is 0 Å². The Morgan fingerprint density at radius 3 is 2.71 bits per heavy atom. The van der Waals surface area contributed by atoms with Gasteiger partial charge in [-0.05, 0) is 38.3 Å². The molecule has 1 atom stereocenters. The molecule has 2 fully saturated rings. The number of carbonyl (C=O) groups is 1. The first-order valence-electron chi connectivity index (χ1n) is 6.96. The highest BCUT2D eigenvalue weighted by molar-refractivity contribution is 5.78. The smallest absolute Gasteiger partial charge is 0.236 e. The van der Waals surface area contributed by atoms with E-state index in [-0.39, 0.29) is 0 Å². The van der Waals surface area contributed by atoms with Gasteiger partial charge in [0.05, 0.1) is 6.54 Å². The van der Waals surface area contributed by atoms with Crippen LogP contribution in [-0.2, 0) is 4.79 Å². The van der Waals surface area contributed by atoms with Gasteiger partial charge in [0, 0.05) is 26.2 Å². The normalized spacial score (nSPS) is 27.8. The van der Waals surface area contributed by atoms with E-state index in [9.17, 15) is 4.79 Å². The monoisotopic (exact) mass is 239 g/mol. The van der Waals surface area contributed by atoms with E-state index in [2.05, 4.69) is 17.1 Å². The lowest BCUT2D eigenvalue weighted by Crippen LogP contribution is -2.49. The van der Waals surface area contributed by atoms with Crippen molar-refractivity contribution in [2.75, 3.05) is 45.8 Å². The number of rotatable bonds is 2. The molecule has 2 heterocycles. The highest BCUT2D eigenvalue weighted by atomic mass is 16.2. The minimum atomic E-state index is 0.320. The molecule has 2 aliphatic heterocycles. The van der Waals surface area contributed by atoms with Gasteiger partial charge in [0.15, 0.2) is 0 Å². The second-order valence-electron chi connectivity index (χ2n) is 5.44. The molecule has 4 heteroatoms. The van der Waals surface area contributed by atoms with Crippen LogP contribution in [0.1, 0.15) is 26.2 Å². The van der Waals surface area contributed by atoms with Gasteiger partial charge in [0.2, 0.25) is 5.91 Å². The van der Waals surface area contributed by atoms with E-state index >= 15 is 0 Å². The molecule has 2 aliphatic rings. The van der Waals surface area contributed by atoms with Crippen LogP contribution in [-0.4, -0.2) is 61.5 Å². The topological polar surface area (TPSA) is 35.6 Å². The van der Waals surface area contributed by atoms with Crippen LogP contribution in [0.3, 0.4) is 0 Å². The number of nitrogens with zero attached hydrogens (tertiary/aromatic N) is 2. The van der Waals surface area contributed by atoms with E-state index in [1.165, 1.54) is 19.3 Å². The fourth-order valence-electron chi connectivity index (χ4n) is 2.69. The maximum Gasteiger partial charge on any atom is 0.236 e. The van der Waals surface area contributed by atoms with Crippen LogP contribution in [0.5, 0.6) is 0 Å². The summed E-state index contributed by atoms with van der Waals surface area (Å²) >= 11 is 0. The van der Waals surface area contributed by atoms with Crippen LogP contribution in [0.2, 0.25) is 0 Å². The van der Waals surface area contributed by atoms with E-state index in [0.29, 0.717) is 12.5 Å². The van der Waals surface area contributed by atoms with Gasteiger partial charge in [0.25, 0.3) is 0 Å². The fourth-order valence-corrected chi connectivity index (χ4v) is 2.69. The number of likely N-dealkylation sites (tertiary alicyclic amines) is 1. The lowest BCUT2D eigenvalue weighted by Gasteiger charge is -2.30. The summed E-state index contributed by atoms with van der Waals surface area (Å²) in [6, 6.07) is 0. The fraction of sp³-hybridized carbons (Fsp3) is 0.923. The van der Waals surface area contributed by atoms with Crippen molar-refractivity contribution in [1.29, 1.82) is 0 Å². The second-order valence-corrected chi connectivity index (χ2v) is 5.44. The lowest BCUT2D eigenvalue weighted by molar-refractivity contribution is -0.133. The van der Waals surface area contributed by atoms with Crippen LogP contribution in [0.4, 0.5) is 0 Å². The first kappa shape index (κ1) is 12.8. The molecular formula is C13H25N3O. The summed E-state index contributed by atoms with van der Waals surface area (Å²) in [5, 5.41) is 3.28. The molecule has 1 unspecified atom stereocenters. The molecule has 0 bridgehead atoms. The second kappa shape index (κ2) is 6.36. The number of carbonyl (C=O) groups excluding carboxylic acids is 1.